The molecule has 2 aromatic rings. The van der Waals surface area contributed by atoms with E-state index in [1.165, 1.54) is 0 Å². The molecule has 0 aliphatic carbocycles. The molecule has 1 aromatic heterocycles. The molecule has 1 fully saturated rings. The summed E-state index contributed by atoms with van der Waals surface area (Å²) in [5.41, 5.74) is 5.58. The van der Waals surface area contributed by atoms with E-state index in [9.17, 15) is 4.79 Å². The zero-order valence-electron chi connectivity index (χ0n) is 14.6. The van der Waals surface area contributed by atoms with Crippen LogP contribution in [0.2, 0.25) is 5.02 Å². The fourth-order valence-corrected chi connectivity index (χ4v) is 2.94. The van der Waals surface area contributed by atoms with Crippen molar-refractivity contribution in [1.29, 1.82) is 0 Å². The van der Waals surface area contributed by atoms with Crippen molar-refractivity contribution < 1.29 is 4.79 Å². The summed E-state index contributed by atoms with van der Waals surface area (Å²) in [4.78, 5) is 21.9. The SMILES string of the molecule is Cc1nc(C)c(/C=C2\CNC/C(=C\c3ccccc3Cl)C2=O)nc1C. The van der Waals surface area contributed by atoms with Crippen LogP contribution in [0.1, 0.15) is 28.3 Å². The van der Waals surface area contributed by atoms with E-state index in [4.69, 9.17) is 11.6 Å². The van der Waals surface area contributed by atoms with E-state index in [1.807, 2.05) is 57.2 Å². The van der Waals surface area contributed by atoms with Crippen molar-refractivity contribution >= 4 is 29.5 Å². The number of benzene rings is 1. The third-order valence-electron chi connectivity index (χ3n) is 4.28. The first-order valence-corrected chi connectivity index (χ1v) is 8.56. The van der Waals surface area contributed by atoms with Crippen molar-refractivity contribution in [2.45, 2.75) is 20.8 Å². The molecule has 1 saturated heterocycles. The number of aromatic nitrogens is 2. The molecule has 128 valence electrons. The van der Waals surface area contributed by atoms with Crippen LogP contribution in [-0.4, -0.2) is 28.8 Å². The van der Waals surface area contributed by atoms with Gasteiger partial charge in [0.15, 0.2) is 5.78 Å². The fraction of sp³-hybridized carbons (Fsp3) is 0.250. The Labute approximate surface area is 152 Å². The van der Waals surface area contributed by atoms with Gasteiger partial charge in [-0.1, -0.05) is 29.8 Å². The number of carbonyl (C=O) groups excluding carboxylic acids is 1. The van der Waals surface area contributed by atoms with Crippen molar-refractivity contribution in [3.63, 3.8) is 0 Å². The fourth-order valence-electron chi connectivity index (χ4n) is 2.75. The lowest BCUT2D eigenvalue weighted by Crippen LogP contribution is -2.32. The zero-order chi connectivity index (χ0) is 18.0. The predicted molar refractivity (Wildman–Crippen MR) is 102 cm³/mol. The second-order valence-electron chi connectivity index (χ2n) is 6.16. The van der Waals surface area contributed by atoms with E-state index in [0.29, 0.717) is 29.3 Å². The summed E-state index contributed by atoms with van der Waals surface area (Å²) in [5, 5.41) is 3.91. The predicted octanol–water partition coefficient (Wildman–Crippen LogP) is 3.69. The molecule has 1 aliphatic rings. The van der Waals surface area contributed by atoms with E-state index < -0.39 is 0 Å². The molecule has 0 saturated carbocycles. The molecule has 0 unspecified atom stereocenters. The maximum Gasteiger partial charge on any atom is 0.187 e. The van der Waals surface area contributed by atoms with Crippen molar-refractivity contribution in [3.05, 3.63) is 68.8 Å². The molecule has 2 heterocycles. The third-order valence-corrected chi connectivity index (χ3v) is 4.62. The molecule has 3 rings (SSSR count). The molecule has 25 heavy (non-hydrogen) atoms. The monoisotopic (exact) mass is 353 g/mol. The Morgan fingerprint density at radius 1 is 0.960 bits per heavy atom. The Balaban J connectivity index is 1.95. The number of aryl methyl sites for hydroxylation is 3. The Morgan fingerprint density at radius 2 is 1.60 bits per heavy atom. The summed E-state index contributed by atoms with van der Waals surface area (Å²) in [6, 6.07) is 7.50. The van der Waals surface area contributed by atoms with Crippen LogP contribution in [0.25, 0.3) is 12.2 Å². The van der Waals surface area contributed by atoms with E-state index in [2.05, 4.69) is 15.3 Å². The second-order valence-corrected chi connectivity index (χ2v) is 6.57. The molecule has 5 heteroatoms. The molecule has 0 bridgehead atoms. The van der Waals surface area contributed by atoms with Crippen LogP contribution in [0.5, 0.6) is 0 Å². The van der Waals surface area contributed by atoms with Gasteiger partial charge in [-0.05, 0) is 44.6 Å². The molecule has 0 atom stereocenters. The summed E-state index contributed by atoms with van der Waals surface area (Å²) in [6.45, 7) is 6.82. The van der Waals surface area contributed by atoms with Crippen LogP contribution in [-0.2, 0) is 4.79 Å². The minimum Gasteiger partial charge on any atom is -0.308 e. The summed E-state index contributed by atoms with van der Waals surface area (Å²) in [5.74, 6) is 0.0260. The van der Waals surface area contributed by atoms with E-state index in [0.717, 1.165) is 28.3 Å². The highest BCUT2D eigenvalue weighted by molar-refractivity contribution is 6.32. The number of hydrogen-bond acceptors (Lipinski definition) is 4. The van der Waals surface area contributed by atoms with Gasteiger partial charge in [0.1, 0.15) is 0 Å². The zero-order valence-corrected chi connectivity index (χ0v) is 15.3. The molecule has 0 spiro atoms. The lowest BCUT2D eigenvalue weighted by molar-refractivity contribution is -0.112. The van der Waals surface area contributed by atoms with Crippen LogP contribution < -0.4 is 5.32 Å². The average Bonchev–Trinajstić information content (AvgIpc) is 2.58. The number of ketones is 1. The summed E-state index contributed by atoms with van der Waals surface area (Å²) >= 11 is 6.20. The van der Waals surface area contributed by atoms with Crippen molar-refractivity contribution in [2.24, 2.45) is 0 Å². The van der Waals surface area contributed by atoms with Gasteiger partial charge in [-0.15, -0.1) is 0 Å². The molecule has 1 N–H and O–H groups in total. The lowest BCUT2D eigenvalue weighted by atomic mass is 9.96. The molecule has 0 amide bonds. The highest BCUT2D eigenvalue weighted by Crippen LogP contribution is 2.22. The average molecular weight is 354 g/mol. The summed E-state index contributed by atoms with van der Waals surface area (Å²) < 4.78 is 0. The number of nitrogens with one attached hydrogen (secondary N) is 1. The maximum absolute atomic E-state index is 12.8. The Kier molecular flexibility index (Phi) is 5.11. The highest BCUT2D eigenvalue weighted by Gasteiger charge is 2.21. The topological polar surface area (TPSA) is 54.9 Å². The largest absolute Gasteiger partial charge is 0.308 e. The number of Topliss-reactive ketones (excluding diaryl/α,β-unsaturated/α-hetero) is 1. The first kappa shape index (κ1) is 17.5. The summed E-state index contributed by atoms with van der Waals surface area (Å²) in [7, 11) is 0. The smallest absolute Gasteiger partial charge is 0.187 e. The quantitative estimate of drug-likeness (QED) is 0.836. The van der Waals surface area contributed by atoms with Crippen LogP contribution >= 0.6 is 11.6 Å². The van der Waals surface area contributed by atoms with Crippen LogP contribution in [0.3, 0.4) is 0 Å². The van der Waals surface area contributed by atoms with E-state index in [1.54, 1.807) is 0 Å². The van der Waals surface area contributed by atoms with Gasteiger partial charge in [0.25, 0.3) is 0 Å². The minimum absolute atomic E-state index is 0.0260. The van der Waals surface area contributed by atoms with Crippen LogP contribution in [0.4, 0.5) is 0 Å². The Hall–Kier alpha value is -2.30. The van der Waals surface area contributed by atoms with Gasteiger partial charge < -0.3 is 5.32 Å². The number of nitrogens with zero attached hydrogens (tertiary/aromatic N) is 2. The minimum atomic E-state index is 0.0260. The number of halogens is 1. The molecule has 4 nitrogen and oxygen atoms in total. The second kappa shape index (κ2) is 7.30. The molecular weight excluding hydrogens is 334 g/mol. The standard InChI is InChI=1S/C20H20ClN3O/c1-12-13(2)24-19(14(3)23-12)9-17-11-22-10-16(20(17)25)8-15-6-4-5-7-18(15)21/h4-9,22H,10-11H2,1-3H3/b16-8+,17-9+. The number of hydrogen-bond donors (Lipinski definition) is 1. The van der Waals surface area contributed by atoms with Crippen molar-refractivity contribution in [1.82, 2.24) is 15.3 Å². The normalized spacial score (nSPS) is 18.2. The molecular formula is C20H20ClN3O. The van der Waals surface area contributed by atoms with Gasteiger partial charge >= 0.3 is 0 Å². The van der Waals surface area contributed by atoms with E-state index >= 15 is 0 Å². The van der Waals surface area contributed by atoms with Gasteiger partial charge in [0, 0.05) is 29.3 Å². The molecule has 1 aromatic carbocycles. The molecule has 1 aliphatic heterocycles. The maximum atomic E-state index is 12.8. The van der Waals surface area contributed by atoms with Crippen molar-refractivity contribution in [2.75, 3.05) is 13.1 Å². The van der Waals surface area contributed by atoms with Crippen molar-refractivity contribution in [3.8, 4) is 0 Å². The third kappa shape index (κ3) is 3.86. The first-order chi connectivity index (χ1) is 12.0. The van der Waals surface area contributed by atoms with Crippen LogP contribution in [0.15, 0.2) is 35.4 Å². The Morgan fingerprint density at radius 3 is 2.32 bits per heavy atom. The van der Waals surface area contributed by atoms with E-state index in [-0.39, 0.29) is 5.78 Å². The summed E-state index contributed by atoms with van der Waals surface area (Å²) in [6.07, 6.45) is 3.69. The van der Waals surface area contributed by atoms with Gasteiger partial charge in [0.2, 0.25) is 0 Å². The lowest BCUT2D eigenvalue weighted by Gasteiger charge is -2.18. The number of carbonyl (C=O) groups is 1. The molecule has 0 radical (unpaired) electrons. The van der Waals surface area contributed by atoms with Gasteiger partial charge in [-0.3, -0.25) is 9.78 Å². The van der Waals surface area contributed by atoms with Gasteiger partial charge in [-0.2, -0.15) is 0 Å². The van der Waals surface area contributed by atoms with Crippen LogP contribution in [0, 0.1) is 20.8 Å². The number of piperidine rings is 1. The Bertz CT molecular complexity index is 900. The first-order valence-electron chi connectivity index (χ1n) is 8.18. The van der Waals surface area contributed by atoms with Gasteiger partial charge in [0.05, 0.1) is 22.8 Å². The number of rotatable bonds is 2. The van der Waals surface area contributed by atoms with Gasteiger partial charge in [-0.25, -0.2) is 4.98 Å². The highest BCUT2D eigenvalue weighted by atomic mass is 35.5.